The van der Waals surface area contributed by atoms with Crippen LogP contribution in [-0.2, 0) is 24.2 Å². The summed E-state index contributed by atoms with van der Waals surface area (Å²) >= 11 is 0. The number of hydrogen-bond donors (Lipinski definition) is 1. The predicted octanol–water partition coefficient (Wildman–Crippen LogP) is 3.14. The van der Waals surface area contributed by atoms with Gasteiger partial charge in [0, 0.05) is 13.3 Å². The number of furan rings is 1. The number of rotatable bonds is 7. The molecule has 24 heavy (non-hydrogen) atoms. The smallest absolute Gasteiger partial charge is 0.293 e. The Labute approximate surface area is 139 Å². The molecule has 6 nitrogen and oxygen atoms in total. The summed E-state index contributed by atoms with van der Waals surface area (Å²) in [5, 5.41) is 6.67. The molecule has 0 aliphatic heterocycles. The van der Waals surface area contributed by atoms with E-state index in [4.69, 9.17) is 8.94 Å². The third-order valence-electron chi connectivity index (χ3n) is 3.56. The minimum absolute atomic E-state index is 0.105. The molecule has 0 spiro atoms. The molecular formula is C18H19N3O3. The van der Waals surface area contributed by atoms with Gasteiger partial charge in [0.15, 0.2) is 11.6 Å². The van der Waals surface area contributed by atoms with E-state index in [1.807, 2.05) is 18.2 Å². The lowest BCUT2D eigenvalue weighted by Gasteiger charge is -1.98. The van der Waals surface area contributed by atoms with Crippen LogP contribution in [0.5, 0.6) is 0 Å². The van der Waals surface area contributed by atoms with Crippen LogP contribution in [-0.4, -0.2) is 16.0 Å². The van der Waals surface area contributed by atoms with Gasteiger partial charge in [-0.15, -0.1) is 0 Å². The number of aromatic nitrogens is 2. The minimum Gasteiger partial charge on any atom is -0.454 e. The van der Waals surface area contributed by atoms with E-state index in [0.29, 0.717) is 29.8 Å². The number of nitrogens with one attached hydrogen (secondary N) is 1. The quantitative estimate of drug-likeness (QED) is 0.721. The summed E-state index contributed by atoms with van der Waals surface area (Å²) in [6, 6.07) is 13.9. The largest absolute Gasteiger partial charge is 0.454 e. The summed E-state index contributed by atoms with van der Waals surface area (Å²) < 4.78 is 10.8. The fraction of sp³-hybridized carbons (Fsp3) is 0.278. The molecule has 0 aliphatic rings. The van der Waals surface area contributed by atoms with Gasteiger partial charge >= 0.3 is 0 Å². The van der Waals surface area contributed by atoms with Gasteiger partial charge < -0.3 is 14.3 Å². The number of aryl methyl sites for hydroxylation is 2. The zero-order valence-electron chi connectivity index (χ0n) is 13.5. The predicted molar refractivity (Wildman–Crippen MR) is 88.0 cm³/mol. The van der Waals surface area contributed by atoms with Gasteiger partial charge in [0.2, 0.25) is 5.91 Å². The summed E-state index contributed by atoms with van der Waals surface area (Å²) in [6.45, 7) is 1.80. The van der Waals surface area contributed by atoms with E-state index in [0.717, 1.165) is 19.3 Å². The average Bonchev–Trinajstić information content (AvgIpc) is 3.23. The number of amides is 1. The highest BCUT2D eigenvalue weighted by atomic mass is 16.5. The first kappa shape index (κ1) is 16.0. The van der Waals surface area contributed by atoms with Crippen molar-refractivity contribution in [1.29, 1.82) is 0 Å². The van der Waals surface area contributed by atoms with E-state index in [9.17, 15) is 4.79 Å². The van der Waals surface area contributed by atoms with Gasteiger partial charge in [0.05, 0.1) is 6.54 Å². The van der Waals surface area contributed by atoms with Crippen molar-refractivity contribution in [3.05, 3.63) is 59.6 Å². The maximum absolute atomic E-state index is 10.9. The summed E-state index contributed by atoms with van der Waals surface area (Å²) in [6.07, 6.45) is 2.68. The standard InChI is InChI=1S/C18H19N3O3/c1-13(22)19-12-15-10-11-16(23-15)18-20-17(21-24-18)9-5-8-14-6-3-2-4-7-14/h2-4,6-7,10-11H,5,8-9,12H2,1H3,(H,19,22). The summed E-state index contributed by atoms with van der Waals surface area (Å²) in [7, 11) is 0. The van der Waals surface area contributed by atoms with Crippen LogP contribution in [0.3, 0.4) is 0 Å². The highest BCUT2D eigenvalue weighted by Crippen LogP contribution is 2.20. The van der Waals surface area contributed by atoms with E-state index in [1.165, 1.54) is 12.5 Å². The normalized spacial score (nSPS) is 10.7. The lowest BCUT2D eigenvalue weighted by molar-refractivity contribution is -0.119. The van der Waals surface area contributed by atoms with Crippen LogP contribution in [0.25, 0.3) is 11.7 Å². The van der Waals surface area contributed by atoms with Crippen molar-refractivity contribution in [2.45, 2.75) is 32.7 Å². The number of benzene rings is 1. The highest BCUT2D eigenvalue weighted by Gasteiger charge is 2.13. The van der Waals surface area contributed by atoms with Crippen LogP contribution in [0.4, 0.5) is 0 Å². The summed E-state index contributed by atoms with van der Waals surface area (Å²) in [4.78, 5) is 15.3. The zero-order chi connectivity index (χ0) is 16.8. The van der Waals surface area contributed by atoms with Gasteiger partial charge in [-0.05, 0) is 30.5 Å². The van der Waals surface area contributed by atoms with E-state index in [2.05, 4.69) is 27.6 Å². The van der Waals surface area contributed by atoms with Crippen molar-refractivity contribution in [3.8, 4) is 11.7 Å². The maximum Gasteiger partial charge on any atom is 0.293 e. The van der Waals surface area contributed by atoms with Crippen molar-refractivity contribution < 1.29 is 13.7 Å². The van der Waals surface area contributed by atoms with Gasteiger partial charge in [0.25, 0.3) is 5.89 Å². The Morgan fingerprint density at radius 2 is 1.96 bits per heavy atom. The van der Waals surface area contributed by atoms with Crippen molar-refractivity contribution in [1.82, 2.24) is 15.5 Å². The fourth-order valence-electron chi connectivity index (χ4n) is 2.35. The highest BCUT2D eigenvalue weighted by molar-refractivity contribution is 5.72. The lowest BCUT2D eigenvalue weighted by Crippen LogP contribution is -2.18. The number of carbonyl (C=O) groups is 1. The summed E-state index contributed by atoms with van der Waals surface area (Å²) in [5.41, 5.74) is 1.30. The van der Waals surface area contributed by atoms with Gasteiger partial charge in [-0.3, -0.25) is 4.79 Å². The first-order valence-electron chi connectivity index (χ1n) is 7.91. The lowest BCUT2D eigenvalue weighted by atomic mass is 10.1. The Kier molecular flexibility index (Phi) is 5.05. The second-order valence-electron chi connectivity index (χ2n) is 5.53. The molecule has 0 aliphatic carbocycles. The van der Waals surface area contributed by atoms with Crippen LogP contribution in [0.1, 0.15) is 30.5 Å². The van der Waals surface area contributed by atoms with Gasteiger partial charge in [-0.25, -0.2) is 0 Å². The number of nitrogens with zero attached hydrogens (tertiary/aromatic N) is 2. The molecule has 0 bridgehead atoms. The van der Waals surface area contributed by atoms with Crippen molar-refractivity contribution in [2.24, 2.45) is 0 Å². The van der Waals surface area contributed by atoms with Crippen LogP contribution in [0.15, 0.2) is 51.4 Å². The molecule has 2 aromatic heterocycles. The zero-order valence-corrected chi connectivity index (χ0v) is 13.5. The Morgan fingerprint density at radius 3 is 2.75 bits per heavy atom. The minimum atomic E-state index is -0.105. The van der Waals surface area contributed by atoms with E-state index in [-0.39, 0.29) is 5.91 Å². The summed E-state index contributed by atoms with van der Waals surface area (Å²) in [5.74, 6) is 2.08. The Balaban J connectivity index is 1.54. The molecular weight excluding hydrogens is 306 g/mol. The van der Waals surface area contributed by atoms with E-state index in [1.54, 1.807) is 12.1 Å². The van der Waals surface area contributed by atoms with Crippen LogP contribution >= 0.6 is 0 Å². The maximum atomic E-state index is 10.9. The molecule has 6 heteroatoms. The topological polar surface area (TPSA) is 81.2 Å². The second kappa shape index (κ2) is 7.59. The third-order valence-corrected chi connectivity index (χ3v) is 3.56. The molecule has 0 fully saturated rings. The molecule has 0 saturated carbocycles. The molecule has 0 unspecified atom stereocenters. The van der Waals surface area contributed by atoms with Crippen molar-refractivity contribution in [3.63, 3.8) is 0 Å². The molecule has 1 aromatic carbocycles. The Bertz CT molecular complexity index is 793. The van der Waals surface area contributed by atoms with Gasteiger partial charge in [-0.2, -0.15) is 4.98 Å². The van der Waals surface area contributed by atoms with Gasteiger partial charge in [-0.1, -0.05) is 35.5 Å². The SMILES string of the molecule is CC(=O)NCc1ccc(-c2nc(CCCc3ccccc3)no2)o1. The monoisotopic (exact) mass is 325 g/mol. The van der Waals surface area contributed by atoms with Crippen LogP contribution in [0.2, 0.25) is 0 Å². The fourth-order valence-corrected chi connectivity index (χ4v) is 2.35. The third kappa shape index (κ3) is 4.32. The first-order valence-corrected chi connectivity index (χ1v) is 7.91. The van der Waals surface area contributed by atoms with E-state index >= 15 is 0 Å². The van der Waals surface area contributed by atoms with Crippen LogP contribution < -0.4 is 5.32 Å². The molecule has 3 aromatic rings. The molecule has 3 rings (SSSR count). The molecule has 0 radical (unpaired) electrons. The number of carbonyl (C=O) groups excluding carboxylic acids is 1. The second-order valence-corrected chi connectivity index (χ2v) is 5.53. The van der Waals surface area contributed by atoms with Crippen molar-refractivity contribution in [2.75, 3.05) is 0 Å². The Hall–Kier alpha value is -2.89. The number of hydrogen-bond acceptors (Lipinski definition) is 5. The molecule has 1 amide bonds. The average molecular weight is 325 g/mol. The molecule has 2 heterocycles. The molecule has 0 saturated heterocycles. The van der Waals surface area contributed by atoms with Crippen LogP contribution in [0, 0.1) is 0 Å². The first-order chi connectivity index (χ1) is 11.7. The van der Waals surface area contributed by atoms with Crippen molar-refractivity contribution >= 4 is 5.91 Å². The Morgan fingerprint density at radius 1 is 1.12 bits per heavy atom. The van der Waals surface area contributed by atoms with Gasteiger partial charge in [0.1, 0.15) is 5.76 Å². The van der Waals surface area contributed by atoms with E-state index < -0.39 is 0 Å². The molecule has 124 valence electrons. The molecule has 1 N–H and O–H groups in total. The molecule has 0 atom stereocenters.